The summed E-state index contributed by atoms with van der Waals surface area (Å²) in [5, 5.41) is 0.489. The molecule has 0 aliphatic carbocycles. The number of aromatic amines is 1. The van der Waals surface area contributed by atoms with Crippen LogP contribution in [0.15, 0.2) is 39.2 Å². The molecular formula is C20H22FN3O3S. The summed E-state index contributed by atoms with van der Waals surface area (Å²) in [6, 6.07) is 5.88. The number of fused-ring (bicyclic) bond motifs is 1. The van der Waals surface area contributed by atoms with Crippen molar-refractivity contribution in [3.05, 3.63) is 51.6 Å². The number of hydrogen-bond acceptors (Lipinski definition) is 6. The second-order valence-corrected chi connectivity index (χ2v) is 7.68. The molecule has 3 rings (SSSR count). The maximum atomic E-state index is 13.9. The van der Waals surface area contributed by atoms with E-state index in [2.05, 4.69) is 21.9 Å². The van der Waals surface area contributed by atoms with Gasteiger partial charge in [0.05, 0.1) is 12.7 Å². The van der Waals surface area contributed by atoms with E-state index in [0.29, 0.717) is 16.4 Å². The van der Waals surface area contributed by atoms with Crippen molar-refractivity contribution in [2.24, 2.45) is 10.9 Å². The number of methoxy groups -OCH3 is 1. The summed E-state index contributed by atoms with van der Waals surface area (Å²) in [5.41, 5.74) is 0.871. The van der Waals surface area contributed by atoms with Crippen LogP contribution in [0.2, 0.25) is 0 Å². The van der Waals surface area contributed by atoms with Crippen molar-refractivity contribution < 1.29 is 13.9 Å². The lowest BCUT2D eigenvalue weighted by Crippen LogP contribution is -2.36. The first-order valence-electron chi connectivity index (χ1n) is 9.11. The van der Waals surface area contributed by atoms with Crippen molar-refractivity contribution in [3.63, 3.8) is 0 Å². The molecule has 1 aliphatic heterocycles. The Morgan fingerprint density at radius 2 is 2.18 bits per heavy atom. The largest absolute Gasteiger partial charge is 0.468 e. The minimum atomic E-state index is -0.819. The van der Waals surface area contributed by atoms with Crippen LogP contribution in [0, 0.1) is 11.7 Å². The molecule has 0 saturated heterocycles. The Morgan fingerprint density at radius 3 is 2.86 bits per heavy atom. The molecule has 2 aromatic rings. The number of carbonyl (C=O) groups is 1. The summed E-state index contributed by atoms with van der Waals surface area (Å²) in [6.45, 7) is 3.79. The molecular weight excluding hydrogens is 381 g/mol. The number of halogens is 1. The highest BCUT2D eigenvalue weighted by Crippen LogP contribution is 2.40. The topological polar surface area (TPSA) is 84.4 Å². The van der Waals surface area contributed by atoms with E-state index in [0.717, 1.165) is 18.6 Å². The van der Waals surface area contributed by atoms with Gasteiger partial charge in [-0.2, -0.15) is 0 Å². The van der Waals surface area contributed by atoms with Gasteiger partial charge in [0.25, 0.3) is 5.56 Å². The molecule has 8 heteroatoms. The molecule has 1 aromatic carbocycles. The molecule has 2 atom stereocenters. The van der Waals surface area contributed by atoms with Crippen molar-refractivity contribution >= 4 is 29.3 Å². The fourth-order valence-electron chi connectivity index (χ4n) is 3.33. The van der Waals surface area contributed by atoms with E-state index < -0.39 is 23.6 Å². The highest BCUT2D eigenvalue weighted by Gasteiger charge is 2.41. The number of unbranched alkanes of at least 4 members (excludes halogenated alkanes) is 1. The molecule has 0 saturated carbocycles. The second-order valence-electron chi connectivity index (χ2n) is 6.60. The Labute approximate surface area is 166 Å². The van der Waals surface area contributed by atoms with Crippen molar-refractivity contribution in [1.82, 2.24) is 9.97 Å². The lowest BCUT2D eigenvalue weighted by Gasteiger charge is -2.29. The van der Waals surface area contributed by atoms with Gasteiger partial charge in [-0.1, -0.05) is 37.2 Å². The van der Waals surface area contributed by atoms with Gasteiger partial charge in [-0.15, -0.1) is 0 Å². The minimum Gasteiger partial charge on any atom is -0.468 e. The van der Waals surface area contributed by atoms with E-state index in [-0.39, 0.29) is 16.9 Å². The molecule has 0 fully saturated rings. The van der Waals surface area contributed by atoms with E-state index in [1.165, 1.54) is 31.0 Å². The van der Waals surface area contributed by atoms with E-state index in [1.807, 2.05) is 0 Å². The van der Waals surface area contributed by atoms with Crippen molar-refractivity contribution in [3.8, 4) is 0 Å². The number of hydrogen-bond donors (Lipinski definition) is 1. The monoisotopic (exact) mass is 403 g/mol. The molecule has 0 bridgehead atoms. The van der Waals surface area contributed by atoms with Crippen LogP contribution in [0.4, 0.5) is 10.2 Å². The second kappa shape index (κ2) is 8.68. The van der Waals surface area contributed by atoms with Gasteiger partial charge < -0.3 is 9.72 Å². The number of thioether (sulfide) groups is 1. The zero-order valence-corrected chi connectivity index (χ0v) is 16.8. The van der Waals surface area contributed by atoms with Gasteiger partial charge in [-0.25, -0.2) is 14.4 Å². The number of aromatic nitrogens is 2. The number of rotatable bonds is 6. The molecule has 6 nitrogen and oxygen atoms in total. The molecule has 0 spiro atoms. The Kier molecular flexibility index (Phi) is 6.28. The van der Waals surface area contributed by atoms with Crippen LogP contribution >= 0.6 is 11.8 Å². The van der Waals surface area contributed by atoms with Gasteiger partial charge in [0, 0.05) is 17.4 Å². The zero-order chi connectivity index (χ0) is 20.3. The number of benzene rings is 1. The third kappa shape index (κ3) is 4.01. The van der Waals surface area contributed by atoms with E-state index in [1.54, 1.807) is 19.1 Å². The van der Waals surface area contributed by atoms with Crippen LogP contribution in [-0.4, -0.2) is 34.5 Å². The quantitative estimate of drug-likeness (QED) is 0.343. The third-order valence-electron chi connectivity index (χ3n) is 4.69. The van der Waals surface area contributed by atoms with Gasteiger partial charge >= 0.3 is 5.97 Å². The number of ether oxygens (including phenoxy) is 1. The number of H-pyrrole nitrogens is 1. The van der Waals surface area contributed by atoms with Crippen LogP contribution in [0.1, 0.15) is 43.7 Å². The molecule has 1 N–H and O–H groups in total. The Morgan fingerprint density at radius 1 is 1.39 bits per heavy atom. The summed E-state index contributed by atoms with van der Waals surface area (Å²) in [6.07, 6.45) is 2.05. The molecule has 2 unspecified atom stereocenters. The first-order valence-corrected chi connectivity index (χ1v) is 10.1. The lowest BCUT2D eigenvalue weighted by molar-refractivity contribution is -0.143. The third-order valence-corrected chi connectivity index (χ3v) is 5.65. The van der Waals surface area contributed by atoms with Gasteiger partial charge in [0.2, 0.25) is 0 Å². The maximum absolute atomic E-state index is 13.9. The highest BCUT2D eigenvalue weighted by atomic mass is 32.2. The van der Waals surface area contributed by atoms with Crippen LogP contribution < -0.4 is 5.56 Å². The predicted molar refractivity (Wildman–Crippen MR) is 107 cm³/mol. The van der Waals surface area contributed by atoms with Crippen molar-refractivity contribution in [1.29, 1.82) is 0 Å². The van der Waals surface area contributed by atoms with Gasteiger partial charge in [0.1, 0.15) is 11.7 Å². The first-order chi connectivity index (χ1) is 13.5. The Balaban J connectivity index is 2.15. The number of carbonyl (C=O) groups excluding carboxylic acids is 1. The van der Waals surface area contributed by atoms with Gasteiger partial charge in [-0.05, 0) is 31.0 Å². The average Bonchev–Trinajstić information content (AvgIpc) is 2.66. The van der Waals surface area contributed by atoms with Crippen LogP contribution in [0.5, 0.6) is 0 Å². The van der Waals surface area contributed by atoms with Crippen LogP contribution in [-0.2, 0) is 9.53 Å². The van der Waals surface area contributed by atoms with Crippen molar-refractivity contribution in [2.75, 3.05) is 12.9 Å². The summed E-state index contributed by atoms with van der Waals surface area (Å²) in [5.74, 6) is -1.41. The SMILES string of the molecule is CCCCSc1nc2c(c(=O)[nH]1)C(c1cccc(F)c1)C(C(=O)OC)C(C)=N2. The summed E-state index contributed by atoms with van der Waals surface area (Å²) >= 11 is 1.46. The summed E-state index contributed by atoms with van der Waals surface area (Å²) in [7, 11) is 1.28. The summed E-state index contributed by atoms with van der Waals surface area (Å²) in [4.78, 5) is 37.1. The Bertz CT molecular complexity index is 973. The highest BCUT2D eigenvalue weighted by molar-refractivity contribution is 7.99. The Hall–Kier alpha value is -2.48. The van der Waals surface area contributed by atoms with Crippen molar-refractivity contribution in [2.45, 2.75) is 37.8 Å². The molecule has 28 heavy (non-hydrogen) atoms. The van der Waals surface area contributed by atoms with Crippen LogP contribution in [0.3, 0.4) is 0 Å². The maximum Gasteiger partial charge on any atom is 0.315 e. The standard InChI is InChI=1S/C20H22FN3O3S/c1-4-5-9-28-20-23-17-16(18(25)24-20)15(12-7-6-8-13(21)10-12)14(11(2)22-17)19(26)27-3/h6-8,10,14-15H,4-5,9H2,1-3H3,(H,23,24,25). The smallest absolute Gasteiger partial charge is 0.315 e. The molecule has 148 valence electrons. The van der Waals surface area contributed by atoms with Crippen LogP contribution in [0.25, 0.3) is 0 Å². The molecule has 1 aromatic heterocycles. The lowest BCUT2D eigenvalue weighted by atomic mass is 9.77. The average molecular weight is 403 g/mol. The predicted octanol–water partition coefficient (Wildman–Crippen LogP) is 3.83. The zero-order valence-electron chi connectivity index (χ0n) is 16.0. The van der Waals surface area contributed by atoms with Gasteiger partial charge in [0.15, 0.2) is 11.0 Å². The van der Waals surface area contributed by atoms with E-state index in [4.69, 9.17) is 4.74 Å². The fraction of sp³-hybridized carbons (Fsp3) is 0.400. The number of nitrogens with one attached hydrogen (secondary N) is 1. The number of esters is 1. The van der Waals surface area contributed by atoms with Gasteiger partial charge in [-0.3, -0.25) is 9.59 Å². The van der Waals surface area contributed by atoms with E-state index in [9.17, 15) is 14.0 Å². The normalized spacial score (nSPS) is 18.4. The molecule has 0 amide bonds. The number of aliphatic imine (C=N–C) groups is 1. The first kappa shape index (κ1) is 20.3. The minimum absolute atomic E-state index is 0.256. The fourth-order valence-corrected chi connectivity index (χ4v) is 4.28. The summed E-state index contributed by atoms with van der Waals surface area (Å²) < 4.78 is 18.8. The van der Waals surface area contributed by atoms with E-state index >= 15 is 0 Å². The number of nitrogens with zero attached hydrogens (tertiary/aromatic N) is 2. The molecule has 2 heterocycles. The molecule has 0 radical (unpaired) electrons. The molecule has 1 aliphatic rings.